The van der Waals surface area contributed by atoms with Crippen LogP contribution in [-0.2, 0) is 11.3 Å². The van der Waals surface area contributed by atoms with Crippen molar-refractivity contribution >= 4 is 0 Å². The molecule has 1 saturated heterocycles. The van der Waals surface area contributed by atoms with E-state index in [1.807, 2.05) is 12.3 Å². The van der Waals surface area contributed by atoms with E-state index in [9.17, 15) is 0 Å². The van der Waals surface area contributed by atoms with Crippen LogP contribution < -0.4 is 4.74 Å². The molecule has 0 saturated carbocycles. The van der Waals surface area contributed by atoms with Gasteiger partial charge in [0.05, 0.1) is 6.61 Å². The molecule has 1 aliphatic heterocycles. The molecule has 1 aromatic heterocycles. The average molecular weight is 250 g/mol. The molecule has 100 valence electrons. The van der Waals surface area contributed by atoms with Crippen LogP contribution in [0.3, 0.4) is 0 Å². The van der Waals surface area contributed by atoms with Gasteiger partial charge in [0.2, 0.25) is 5.88 Å². The summed E-state index contributed by atoms with van der Waals surface area (Å²) < 4.78 is 10.4. The molecule has 0 amide bonds. The number of hydrogen-bond donors (Lipinski definition) is 0. The molecule has 4 heteroatoms. The highest BCUT2D eigenvalue weighted by Crippen LogP contribution is 2.14. The maximum atomic E-state index is 5.44. The molecule has 0 radical (unpaired) electrons. The molecule has 4 nitrogen and oxygen atoms in total. The van der Waals surface area contributed by atoms with Crippen LogP contribution in [0.25, 0.3) is 0 Å². The summed E-state index contributed by atoms with van der Waals surface area (Å²) in [7, 11) is 1.67. The Bertz CT molecular complexity index is 334. The molecular weight excluding hydrogens is 228 g/mol. The first-order chi connectivity index (χ1) is 8.88. The van der Waals surface area contributed by atoms with E-state index < -0.39 is 0 Å². The highest BCUT2D eigenvalue weighted by atomic mass is 16.5. The van der Waals surface area contributed by atoms with Crippen molar-refractivity contribution in [1.29, 1.82) is 0 Å². The molecule has 1 fully saturated rings. The Hall–Kier alpha value is -1.13. The summed E-state index contributed by atoms with van der Waals surface area (Å²) >= 11 is 0. The van der Waals surface area contributed by atoms with Crippen molar-refractivity contribution in [3.8, 4) is 5.88 Å². The maximum absolute atomic E-state index is 5.44. The molecule has 0 atom stereocenters. The minimum Gasteiger partial charge on any atom is -0.475 e. The number of nitrogens with zero attached hydrogens (tertiary/aromatic N) is 2. The van der Waals surface area contributed by atoms with E-state index in [-0.39, 0.29) is 0 Å². The molecule has 0 N–H and O–H groups in total. The molecular formula is C14H22N2O2. The number of methoxy groups -OCH3 is 1. The number of pyridine rings is 1. The molecule has 18 heavy (non-hydrogen) atoms. The first-order valence-corrected chi connectivity index (χ1v) is 6.67. The van der Waals surface area contributed by atoms with Crippen LogP contribution in [0.4, 0.5) is 0 Å². The summed E-state index contributed by atoms with van der Waals surface area (Å²) in [6, 6.07) is 4.04. The third kappa shape index (κ3) is 4.27. The minimum absolute atomic E-state index is 0.551. The number of rotatable bonds is 6. The van der Waals surface area contributed by atoms with Gasteiger partial charge in [-0.25, -0.2) is 4.98 Å². The lowest BCUT2D eigenvalue weighted by Crippen LogP contribution is -2.29. The second kappa shape index (κ2) is 7.34. The van der Waals surface area contributed by atoms with Gasteiger partial charge in [-0.05, 0) is 31.5 Å². The topological polar surface area (TPSA) is 34.6 Å². The monoisotopic (exact) mass is 250 g/mol. The van der Waals surface area contributed by atoms with E-state index >= 15 is 0 Å². The SMILES string of the molecule is COCCOc1ccc(CN2CCCCC2)cn1. The first-order valence-electron chi connectivity index (χ1n) is 6.67. The van der Waals surface area contributed by atoms with Gasteiger partial charge >= 0.3 is 0 Å². The van der Waals surface area contributed by atoms with Crippen molar-refractivity contribution in [2.45, 2.75) is 25.8 Å². The molecule has 1 aliphatic rings. The van der Waals surface area contributed by atoms with Gasteiger partial charge in [0.15, 0.2) is 0 Å². The first kappa shape index (κ1) is 13.3. The van der Waals surface area contributed by atoms with Gasteiger partial charge in [0.25, 0.3) is 0 Å². The van der Waals surface area contributed by atoms with Crippen molar-refractivity contribution in [1.82, 2.24) is 9.88 Å². The van der Waals surface area contributed by atoms with Crippen molar-refractivity contribution in [2.24, 2.45) is 0 Å². The lowest BCUT2D eigenvalue weighted by molar-refractivity contribution is 0.143. The third-order valence-corrected chi connectivity index (χ3v) is 3.19. The molecule has 0 aliphatic carbocycles. The maximum Gasteiger partial charge on any atom is 0.213 e. The van der Waals surface area contributed by atoms with Gasteiger partial charge in [-0.2, -0.15) is 0 Å². The van der Waals surface area contributed by atoms with Crippen LogP contribution in [0, 0.1) is 0 Å². The average Bonchev–Trinajstić information content (AvgIpc) is 2.42. The number of piperidine rings is 1. The van der Waals surface area contributed by atoms with Gasteiger partial charge in [-0.1, -0.05) is 12.5 Å². The summed E-state index contributed by atoms with van der Waals surface area (Å²) in [5.74, 6) is 0.675. The predicted molar refractivity (Wildman–Crippen MR) is 70.7 cm³/mol. The highest BCUT2D eigenvalue weighted by molar-refractivity contribution is 5.17. The fraction of sp³-hybridized carbons (Fsp3) is 0.643. The van der Waals surface area contributed by atoms with Crippen molar-refractivity contribution < 1.29 is 9.47 Å². The van der Waals surface area contributed by atoms with E-state index in [0.29, 0.717) is 19.1 Å². The second-order valence-electron chi connectivity index (χ2n) is 4.68. The van der Waals surface area contributed by atoms with E-state index in [1.54, 1.807) is 7.11 Å². The van der Waals surface area contributed by atoms with Crippen LogP contribution in [-0.4, -0.2) is 43.3 Å². The van der Waals surface area contributed by atoms with Gasteiger partial charge in [0.1, 0.15) is 6.61 Å². The molecule has 0 unspecified atom stereocenters. The van der Waals surface area contributed by atoms with Gasteiger partial charge < -0.3 is 9.47 Å². The third-order valence-electron chi connectivity index (χ3n) is 3.19. The Kier molecular flexibility index (Phi) is 5.42. The zero-order chi connectivity index (χ0) is 12.6. The normalized spacial score (nSPS) is 16.7. The van der Waals surface area contributed by atoms with Crippen LogP contribution in [0.1, 0.15) is 24.8 Å². The van der Waals surface area contributed by atoms with E-state index in [1.165, 1.54) is 37.9 Å². The number of likely N-dealkylation sites (tertiary alicyclic amines) is 1. The standard InChI is InChI=1S/C14H22N2O2/c1-17-9-10-18-14-6-5-13(11-15-14)12-16-7-3-2-4-8-16/h5-6,11H,2-4,7-10,12H2,1H3. The van der Waals surface area contributed by atoms with Crippen molar-refractivity contribution in [2.75, 3.05) is 33.4 Å². The minimum atomic E-state index is 0.551. The van der Waals surface area contributed by atoms with Crippen LogP contribution >= 0.6 is 0 Å². The summed E-state index contributed by atoms with van der Waals surface area (Å²) in [5.41, 5.74) is 1.26. The lowest BCUT2D eigenvalue weighted by atomic mass is 10.1. The molecule has 1 aromatic rings. The Labute approximate surface area is 109 Å². The Morgan fingerprint density at radius 3 is 2.67 bits per heavy atom. The largest absolute Gasteiger partial charge is 0.475 e. The van der Waals surface area contributed by atoms with Crippen molar-refractivity contribution in [3.63, 3.8) is 0 Å². The van der Waals surface area contributed by atoms with E-state index in [0.717, 1.165) is 6.54 Å². The molecule has 0 aromatic carbocycles. The fourth-order valence-corrected chi connectivity index (χ4v) is 2.20. The Morgan fingerprint density at radius 1 is 1.17 bits per heavy atom. The number of hydrogen-bond acceptors (Lipinski definition) is 4. The molecule has 2 rings (SSSR count). The quantitative estimate of drug-likeness (QED) is 0.724. The van der Waals surface area contributed by atoms with E-state index in [2.05, 4.69) is 16.0 Å². The predicted octanol–water partition coefficient (Wildman–Crippen LogP) is 2.09. The van der Waals surface area contributed by atoms with E-state index in [4.69, 9.17) is 9.47 Å². The number of aromatic nitrogens is 1. The summed E-state index contributed by atoms with van der Waals surface area (Å²) in [6.07, 6.45) is 5.94. The highest BCUT2D eigenvalue weighted by Gasteiger charge is 2.10. The number of ether oxygens (including phenoxy) is 2. The molecule has 0 bridgehead atoms. The van der Waals surface area contributed by atoms with Gasteiger partial charge in [0, 0.05) is 25.9 Å². The summed E-state index contributed by atoms with van der Waals surface area (Å²) in [4.78, 5) is 6.80. The zero-order valence-corrected chi connectivity index (χ0v) is 11.1. The fourth-order valence-electron chi connectivity index (χ4n) is 2.20. The van der Waals surface area contributed by atoms with Gasteiger partial charge in [-0.3, -0.25) is 4.90 Å². The van der Waals surface area contributed by atoms with Crippen molar-refractivity contribution in [3.05, 3.63) is 23.9 Å². The molecule has 0 spiro atoms. The lowest BCUT2D eigenvalue weighted by Gasteiger charge is -2.26. The Morgan fingerprint density at radius 2 is 2.00 bits per heavy atom. The van der Waals surface area contributed by atoms with Crippen LogP contribution in [0.2, 0.25) is 0 Å². The Balaban J connectivity index is 1.79. The molecule has 2 heterocycles. The van der Waals surface area contributed by atoms with Crippen LogP contribution in [0.5, 0.6) is 5.88 Å². The summed E-state index contributed by atoms with van der Waals surface area (Å²) in [5, 5.41) is 0. The smallest absolute Gasteiger partial charge is 0.213 e. The van der Waals surface area contributed by atoms with Gasteiger partial charge in [-0.15, -0.1) is 0 Å². The zero-order valence-electron chi connectivity index (χ0n) is 11.1. The van der Waals surface area contributed by atoms with Crippen LogP contribution in [0.15, 0.2) is 18.3 Å². The summed E-state index contributed by atoms with van der Waals surface area (Å²) in [6.45, 7) is 4.58. The second-order valence-corrected chi connectivity index (χ2v) is 4.68.